The average molecular weight is 353 g/mol. The van der Waals surface area contributed by atoms with Gasteiger partial charge in [0.1, 0.15) is 11.5 Å². The smallest absolute Gasteiger partial charge is 0.305 e. The topological polar surface area (TPSA) is 79.5 Å². The number of aryl methyl sites for hydroxylation is 1. The van der Waals surface area contributed by atoms with E-state index in [1.807, 2.05) is 44.3 Å². The SMILES string of the molecule is COC(=O)CCc1c(C)[nH]c(/C=C2\N=C(c3ccc[nH]3)C=C2OC)c1C. The van der Waals surface area contributed by atoms with E-state index in [0.29, 0.717) is 12.8 Å². The number of esters is 1. The van der Waals surface area contributed by atoms with Gasteiger partial charge in [0.25, 0.3) is 0 Å². The number of carbonyl (C=O) groups is 1. The first-order chi connectivity index (χ1) is 12.5. The molecule has 0 radical (unpaired) electrons. The zero-order valence-electron chi connectivity index (χ0n) is 15.5. The Kier molecular flexibility index (Phi) is 5.11. The molecule has 2 aromatic heterocycles. The number of aliphatic imine (C=N–C) groups is 1. The highest BCUT2D eigenvalue weighted by atomic mass is 16.5. The summed E-state index contributed by atoms with van der Waals surface area (Å²) >= 11 is 0. The normalized spacial score (nSPS) is 15.2. The number of nitrogens with zero attached hydrogens (tertiary/aromatic N) is 1. The van der Waals surface area contributed by atoms with Crippen LogP contribution in [0, 0.1) is 13.8 Å². The Morgan fingerprint density at radius 1 is 1.31 bits per heavy atom. The number of H-pyrrole nitrogens is 2. The van der Waals surface area contributed by atoms with Crippen molar-refractivity contribution in [3.05, 3.63) is 64.1 Å². The van der Waals surface area contributed by atoms with Gasteiger partial charge in [-0.25, -0.2) is 4.99 Å². The van der Waals surface area contributed by atoms with Gasteiger partial charge in [0.2, 0.25) is 0 Å². The molecule has 0 amide bonds. The van der Waals surface area contributed by atoms with Crippen molar-refractivity contribution in [2.45, 2.75) is 26.7 Å². The van der Waals surface area contributed by atoms with E-state index in [4.69, 9.17) is 9.47 Å². The lowest BCUT2D eigenvalue weighted by Gasteiger charge is -2.03. The summed E-state index contributed by atoms with van der Waals surface area (Å²) in [5, 5.41) is 0. The van der Waals surface area contributed by atoms with Crippen LogP contribution in [0.5, 0.6) is 0 Å². The molecule has 0 fully saturated rings. The molecule has 0 atom stereocenters. The van der Waals surface area contributed by atoms with Gasteiger partial charge in [-0.05, 0) is 49.6 Å². The summed E-state index contributed by atoms with van der Waals surface area (Å²) in [6.07, 6.45) is 6.78. The van der Waals surface area contributed by atoms with E-state index in [9.17, 15) is 4.79 Å². The number of rotatable bonds is 6. The van der Waals surface area contributed by atoms with E-state index in [0.717, 1.165) is 45.4 Å². The first-order valence-corrected chi connectivity index (χ1v) is 8.48. The molecule has 2 aromatic rings. The monoisotopic (exact) mass is 353 g/mol. The third-order valence-corrected chi connectivity index (χ3v) is 4.57. The van der Waals surface area contributed by atoms with Crippen LogP contribution in [0.25, 0.3) is 6.08 Å². The number of aromatic amines is 2. The second-order valence-electron chi connectivity index (χ2n) is 6.17. The Balaban J connectivity index is 1.90. The molecule has 1 aliphatic heterocycles. The van der Waals surface area contributed by atoms with Crippen molar-refractivity contribution < 1.29 is 14.3 Å². The maximum absolute atomic E-state index is 11.4. The first-order valence-electron chi connectivity index (χ1n) is 8.48. The summed E-state index contributed by atoms with van der Waals surface area (Å²) in [7, 11) is 3.05. The fourth-order valence-corrected chi connectivity index (χ4v) is 3.11. The van der Waals surface area contributed by atoms with E-state index in [1.54, 1.807) is 7.11 Å². The molecular formula is C20H23N3O3. The summed E-state index contributed by atoms with van der Waals surface area (Å²) in [4.78, 5) is 22.7. The van der Waals surface area contributed by atoms with Crippen molar-refractivity contribution in [2.24, 2.45) is 4.99 Å². The molecule has 0 bridgehead atoms. The summed E-state index contributed by atoms with van der Waals surface area (Å²) in [5.74, 6) is 0.517. The van der Waals surface area contributed by atoms with Crippen LogP contribution in [-0.4, -0.2) is 35.9 Å². The lowest BCUT2D eigenvalue weighted by Crippen LogP contribution is -2.02. The Morgan fingerprint density at radius 2 is 2.12 bits per heavy atom. The Hall–Kier alpha value is -3.02. The summed E-state index contributed by atoms with van der Waals surface area (Å²) in [6.45, 7) is 4.06. The minimum atomic E-state index is -0.203. The number of allylic oxidation sites excluding steroid dienone is 1. The van der Waals surface area contributed by atoms with Crippen molar-refractivity contribution >= 4 is 17.8 Å². The quantitative estimate of drug-likeness (QED) is 0.781. The molecule has 6 heteroatoms. The number of nitrogens with one attached hydrogen (secondary N) is 2. The van der Waals surface area contributed by atoms with Crippen molar-refractivity contribution in [2.75, 3.05) is 14.2 Å². The number of methoxy groups -OCH3 is 2. The largest absolute Gasteiger partial charge is 0.494 e. The van der Waals surface area contributed by atoms with Crippen molar-refractivity contribution in [1.29, 1.82) is 0 Å². The van der Waals surface area contributed by atoms with Crippen LogP contribution in [-0.2, 0) is 20.7 Å². The molecule has 136 valence electrons. The van der Waals surface area contributed by atoms with Gasteiger partial charge in [-0.2, -0.15) is 0 Å². The molecule has 0 spiro atoms. The van der Waals surface area contributed by atoms with Crippen molar-refractivity contribution in [3.63, 3.8) is 0 Å². The van der Waals surface area contributed by atoms with Gasteiger partial charge >= 0.3 is 5.97 Å². The van der Waals surface area contributed by atoms with Crippen LogP contribution in [0.2, 0.25) is 0 Å². The van der Waals surface area contributed by atoms with E-state index < -0.39 is 0 Å². The molecule has 6 nitrogen and oxygen atoms in total. The highest BCUT2D eigenvalue weighted by Crippen LogP contribution is 2.27. The molecule has 3 heterocycles. The van der Waals surface area contributed by atoms with Crippen LogP contribution < -0.4 is 0 Å². The molecule has 0 aromatic carbocycles. The Labute approximate surface area is 152 Å². The third-order valence-electron chi connectivity index (χ3n) is 4.57. The van der Waals surface area contributed by atoms with Crippen LogP contribution in [0.4, 0.5) is 0 Å². The van der Waals surface area contributed by atoms with Gasteiger partial charge in [-0.1, -0.05) is 0 Å². The maximum Gasteiger partial charge on any atom is 0.305 e. The Bertz CT molecular complexity index is 899. The van der Waals surface area contributed by atoms with E-state index in [2.05, 4.69) is 15.0 Å². The van der Waals surface area contributed by atoms with Crippen molar-refractivity contribution in [3.8, 4) is 0 Å². The highest BCUT2D eigenvalue weighted by molar-refractivity contribution is 6.11. The third kappa shape index (κ3) is 3.49. The Morgan fingerprint density at radius 3 is 2.77 bits per heavy atom. The second-order valence-corrected chi connectivity index (χ2v) is 6.17. The zero-order chi connectivity index (χ0) is 18.7. The number of carbonyl (C=O) groups excluding carboxylic acids is 1. The fourth-order valence-electron chi connectivity index (χ4n) is 3.11. The predicted molar refractivity (Wildman–Crippen MR) is 101 cm³/mol. The molecule has 1 aliphatic rings. The van der Waals surface area contributed by atoms with Crippen LogP contribution >= 0.6 is 0 Å². The van der Waals surface area contributed by atoms with Gasteiger partial charge in [-0.3, -0.25) is 4.79 Å². The van der Waals surface area contributed by atoms with Crippen LogP contribution in [0.3, 0.4) is 0 Å². The summed E-state index contributed by atoms with van der Waals surface area (Å²) in [6, 6.07) is 3.91. The summed E-state index contributed by atoms with van der Waals surface area (Å²) < 4.78 is 10.2. The standard InChI is InChI=1S/C20H23N3O3/c1-12-14(7-8-20(24)26-4)13(2)22-16(12)10-18-19(25-3)11-17(23-18)15-6-5-9-21-15/h5-6,9-11,21-22H,7-8H2,1-4H3/b18-10-. The van der Waals surface area contributed by atoms with E-state index in [1.165, 1.54) is 7.11 Å². The molecule has 0 saturated carbocycles. The predicted octanol–water partition coefficient (Wildman–Crippen LogP) is 3.44. The molecule has 0 aliphatic carbocycles. The number of hydrogen-bond donors (Lipinski definition) is 2. The number of aromatic nitrogens is 2. The van der Waals surface area contributed by atoms with E-state index >= 15 is 0 Å². The van der Waals surface area contributed by atoms with Crippen LogP contribution in [0.1, 0.15) is 34.6 Å². The van der Waals surface area contributed by atoms with Gasteiger partial charge in [0.05, 0.1) is 25.6 Å². The molecule has 0 saturated heterocycles. The van der Waals surface area contributed by atoms with Crippen LogP contribution in [0.15, 0.2) is 40.9 Å². The van der Waals surface area contributed by atoms with Gasteiger partial charge in [0.15, 0.2) is 0 Å². The molecular weight excluding hydrogens is 330 g/mol. The average Bonchev–Trinajstić information content (AvgIpc) is 3.34. The lowest BCUT2D eigenvalue weighted by atomic mass is 10.0. The van der Waals surface area contributed by atoms with Gasteiger partial charge in [-0.15, -0.1) is 0 Å². The van der Waals surface area contributed by atoms with E-state index in [-0.39, 0.29) is 5.97 Å². The van der Waals surface area contributed by atoms with Crippen molar-refractivity contribution in [1.82, 2.24) is 9.97 Å². The molecule has 26 heavy (non-hydrogen) atoms. The number of hydrogen-bond acceptors (Lipinski definition) is 4. The minimum absolute atomic E-state index is 0.203. The zero-order valence-corrected chi connectivity index (χ0v) is 15.5. The van der Waals surface area contributed by atoms with Gasteiger partial charge < -0.3 is 19.4 Å². The fraction of sp³-hybridized carbons (Fsp3) is 0.300. The maximum atomic E-state index is 11.4. The molecule has 0 unspecified atom stereocenters. The lowest BCUT2D eigenvalue weighted by molar-refractivity contribution is -0.140. The minimum Gasteiger partial charge on any atom is -0.494 e. The summed E-state index contributed by atoms with van der Waals surface area (Å²) in [5.41, 5.74) is 6.81. The number of ether oxygens (including phenoxy) is 2. The first kappa shape index (κ1) is 17.8. The molecule has 3 rings (SSSR count). The van der Waals surface area contributed by atoms with Gasteiger partial charge in [0, 0.05) is 30.1 Å². The second kappa shape index (κ2) is 7.47. The molecule has 2 N–H and O–H groups in total. The highest BCUT2D eigenvalue weighted by Gasteiger charge is 2.19.